The highest BCUT2D eigenvalue weighted by atomic mass is 32.1. The highest BCUT2D eigenvalue weighted by Crippen LogP contribution is 2.35. The van der Waals surface area contributed by atoms with Crippen LogP contribution in [0.2, 0.25) is 0 Å². The molecule has 7 heteroatoms. The molecular weight excluding hydrogens is 405 g/mol. The summed E-state index contributed by atoms with van der Waals surface area (Å²) in [5, 5.41) is 3.37. The van der Waals surface area contributed by atoms with Crippen LogP contribution in [0.25, 0.3) is 10.1 Å². The van der Waals surface area contributed by atoms with Gasteiger partial charge in [-0.25, -0.2) is 4.39 Å². The quantitative estimate of drug-likeness (QED) is 0.553. The molecule has 1 unspecified atom stereocenters. The Morgan fingerprint density at radius 3 is 2.97 bits per heavy atom. The van der Waals surface area contributed by atoms with E-state index < -0.39 is 0 Å². The van der Waals surface area contributed by atoms with Gasteiger partial charge in [-0.05, 0) is 49.6 Å². The molecule has 5 nitrogen and oxygen atoms in total. The Morgan fingerprint density at radius 2 is 2.20 bits per heavy atom. The van der Waals surface area contributed by atoms with Gasteiger partial charge in [0.15, 0.2) is 0 Å². The van der Waals surface area contributed by atoms with Gasteiger partial charge in [-0.3, -0.25) is 4.79 Å². The lowest BCUT2D eigenvalue weighted by atomic mass is 10.1. The molecule has 4 rings (SSSR count). The molecule has 1 atom stereocenters. The third-order valence-electron chi connectivity index (χ3n) is 5.09. The van der Waals surface area contributed by atoms with E-state index in [1.807, 2.05) is 25.1 Å². The number of methoxy groups -OCH3 is 1. The number of aryl methyl sites for hydroxylation is 1. The van der Waals surface area contributed by atoms with E-state index in [4.69, 9.17) is 14.2 Å². The fraction of sp³-hybridized carbons (Fsp3) is 0.348. The van der Waals surface area contributed by atoms with Gasteiger partial charge in [0, 0.05) is 29.4 Å². The zero-order valence-corrected chi connectivity index (χ0v) is 17.8. The van der Waals surface area contributed by atoms with Crippen LogP contribution in [0, 0.1) is 12.7 Å². The minimum Gasteiger partial charge on any atom is -0.489 e. The molecule has 1 fully saturated rings. The van der Waals surface area contributed by atoms with E-state index >= 15 is 0 Å². The van der Waals surface area contributed by atoms with Gasteiger partial charge in [0.2, 0.25) is 0 Å². The lowest BCUT2D eigenvalue weighted by Gasteiger charge is -2.16. The molecule has 1 aliphatic heterocycles. The topological polar surface area (TPSA) is 56.8 Å². The average Bonchev–Trinajstić information content (AvgIpc) is 3.37. The van der Waals surface area contributed by atoms with Crippen LogP contribution in [-0.2, 0) is 16.1 Å². The predicted octanol–water partition coefficient (Wildman–Crippen LogP) is 5.31. The number of hydrogen-bond acceptors (Lipinski definition) is 5. The Labute approximate surface area is 178 Å². The summed E-state index contributed by atoms with van der Waals surface area (Å²) in [6, 6.07) is 10.5. The number of rotatable bonds is 7. The van der Waals surface area contributed by atoms with Gasteiger partial charge < -0.3 is 19.5 Å². The van der Waals surface area contributed by atoms with Crippen LogP contribution in [-0.4, -0.2) is 32.3 Å². The third kappa shape index (κ3) is 4.33. The maximum absolute atomic E-state index is 14.4. The number of amides is 1. The van der Waals surface area contributed by atoms with Crippen LogP contribution < -0.4 is 10.1 Å². The van der Waals surface area contributed by atoms with Crippen molar-refractivity contribution in [1.29, 1.82) is 0 Å². The monoisotopic (exact) mass is 429 g/mol. The van der Waals surface area contributed by atoms with Gasteiger partial charge in [0.1, 0.15) is 18.2 Å². The van der Waals surface area contributed by atoms with Gasteiger partial charge in [-0.15, -0.1) is 11.3 Å². The van der Waals surface area contributed by atoms with Crippen molar-refractivity contribution in [1.82, 2.24) is 0 Å². The van der Waals surface area contributed by atoms with Crippen molar-refractivity contribution in [3.63, 3.8) is 0 Å². The fourth-order valence-electron chi connectivity index (χ4n) is 3.62. The predicted molar refractivity (Wildman–Crippen MR) is 116 cm³/mol. The number of halogens is 1. The lowest BCUT2D eigenvalue weighted by molar-refractivity contribution is 0.0681. The molecule has 2 heterocycles. The zero-order chi connectivity index (χ0) is 21.1. The van der Waals surface area contributed by atoms with Crippen LogP contribution in [0.4, 0.5) is 10.1 Å². The highest BCUT2D eigenvalue weighted by molar-refractivity contribution is 7.21. The normalized spacial score (nSPS) is 16.2. The molecule has 0 spiro atoms. The summed E-state index contributed by atoms with van der Waals surface area (Å²) >= 11 is 1.26. The first-order valence-electron chi connectivity index (χ1n) is 9.92. The molecule has 1 amide bonds. The van der Waals surface area contributed by atoms with Crippen LogP contribution in [0.3, 0.4) is 0 Å². The van der Waals surface area contributed by atoms with Crippen molar-refractivity contribution < 1.29 is 23.4 Å². The van der Waals surface area contributed by atoms with E-state index in [-0.39, 0.29) is 24.4 Å². The molecule has 0 aliphatic carbocycles. The molecule has 1 saturated heterocycles. The van der Waals surface area contributed by atoms with Crippen molar-refractivity contribution >= 4 is 33.0 Å². The number of nitrogens with one attached hydrogen (secondary N) is 1. The first-order valence-corrected chi connectivity index (χ1v) is 10.7. The van der Waals surface area contributed by atoms with Crippen LogP contribution in [0.15, 0.2) is 36.4 Å². The van der Waals surface area contributed by atoms with Gasteiger partial charge in [0.05, 0.1) is 23.3 Å². The number of hydrogen-bond donors (Lipinski definition) is 1. The van der Waals surface area contributed by atoms with Crippen molar-refractivity contribution in [2.45, 2.75) is 32.5 Å². The second-order valence-electron chi connectivity index (χ2n) is 7.36. The molecule has 0 saturated carbocycles. The number of thiophene rings is 1. The standard InChI is InChI=1S/C23H24FNO4S/c1-14-8-9-18(19(11-14)29-12-15-5-4-10-28-15)25-23(26)22-16(13-27-2)21-17(24)6-3-7-20(21)30-22/h3,6-9,11,15H,4-5,10,12-13H2,1-2H3,(H,25,26). The summed E-state index contributed by atoms with van der Waals surface area (Å²) in [5.41, 5.74) is 2.16. The Kier molecular flexibility index (Phi) is 6.32. The molecule has 0 radical (unpaired) electrons. The molecule has 1 aromatic heterocycles. The van der Waals surface area contributed by atoms with Gasteiger partial charge in [-0.2, -0.15) is 0 Å². The van der Waals surface area contributed by atoms with Gasteiger partial charge >= 0.3 is 0 Å². The van der Waals surface area contributed by atoms with E-state index in [2.05, 4.69) is 5.32 Å². The summed E-state index contributed by atoms with van der Waals surface area (Å²) < 4.78 is 32.0. The third-order valence-corrected chi connectivity index (χ3v) is 6.29. The fourth-order valence-corrected chi connectivity index (χ4v) is 4.74. The van der Waals surface area contributed by atoms with E-state index in [9.17, 15) is 9.18 Å². The number of ether oxygens (including phenoxy) is 3. The Hall–Kier alpha value is -2.48. The lowest BCUT2D eigenvalue weighted by Crippen LogP contribution is -2.18. The molecule has 2 aromatic carbocycles. The largest absolute Gasteiger partial charge is 0.489 e. The first kappa shape index (κ1) is 20.8. The Bertz CT molecular complexity index is 1060. The maximum Gasteiger partial charge on any atom is 0.266 e. The van der Waals surface area contributed by atoms with Crippen LogP contribution in [0.1, 0.15) is 33.6 Å². The number of fused-ring (bicyclic) bond motifs is 1. The number of benzene rings is 2. The smallest absolute Gasteiger partial charge is 0.266 e. The molecule has 1 aliphatic rings. The van der Waals surface area contributed by atoms with Gasteiger partial charge in [0.25, 0.3) is 5.91 Å². The van der Waals surface area contributed by atoms with Crippen molar-refractivity contribution in [3.05, 3.63) is 58.2 Å². The molecule has 30 heavy (non-hydrogen) atoms. The minimum absolute atomic E-state index is 0.0768. The van der Waals surface area contributed by atoms with E-state index in [1.165, 1.54) is 24.5 Å². The highest BCUT2D eigenvalue weighted by Gasteiger charge is 2.22. The zero-order valence-electron chi connectivity index (χ0n) is 17.0. The number of carbonyl (C=O) groups is 1. The van der Waals surface area contributed by atoms with Crippen molar-refractivity contribution in [2.24, 2.45) is 0 Å². The summed E-state index contributed by atoms with van der Waals surface area (Å²) in [6.45, 7) is 3.32. The number of carbonyl (C=O) groups excluding carboxylic acids is 1. The molecule has 1 N–H and O–H groups in total. The summed E-state index contributed by atoms with van der Waals surface area (Å²) in [4.78, 5) is 13.6. The van der Waals surface area contributed by atoms with Crippen molar-refractivity contribution in [2.75, 3.05) is 25.6 Å². The summed E-state index contributed by atoms with van der Waals surface area (Å²) in [6.07, 6.45) is 2.09. The molecule has 0 bridgehead atoms. The first-order chi connectivity index (χ1) is 14.6. The SMILES string of the molecule is COCc1c(C(=O)Nc2ccc(C)cc2OCC2CCCO2)sc2cccc(F)c12. The van der Waals surface area contributed by atoms with E-state index in [1.54, 1.807) is 12.1 Å². The molecule has 3 aromatic rings. The van der Waals surface area contributed by atoms with Crippen LogP contribution >= 0.6 is 11.3 Å². The van der Waals surface area contributed by atoms with Crippen molar-refractivity contribution in [3.8, 4) is 5.75 Å². The minimum atomic E-state index is -0.356. The summed E-state index contributed by atoms with van der Waals surface area (Å²) in [5.74, 6) is -0.0707. The Morgan fingerprint density at radius 1 is 1.33 bits per heavy atom. The molecular formula is C23H24FNO4S. The second kappa shape index (κ2) is 9.12. The van der Waals surface area contributed by atoms with E-state index in [0.29, 0.717) is 38.6 Å². The second-order valence-corrected chi connectivity index (χ2v) is 8.41. The summed E-state index contributed by atoms with van der Waals surface area (Å²) in [7, 11) is 1.53. The Balaban J connectivity index is 1.61. The molecule has 158 valence electrons. The average molecular weight is 430 g/mol. The van der Waals surface area contributed by atoms with Crippen LogP contribution in [0.5, 0.6) is 5.75 Å². The van der Waals surface area contributed by atoms with E-state index in [0.717, 1.165) is 25.0 Å². The van der Waals surface area contributed by atoms with Gasteiger partial charge in [-0.1, -0.05) is 12.1 Å². The maximum atomic E-state index is 14.4. The number of anilines is 1.